The van der Waals surface area contributed by atoms with Crippen LogP contribution >= 0.6 is 11.3 Å². The lowest BCUT2D eigenvalue weighted by Crippen LogP contribution is -2.49. The van der Waals surface area contributed by atoms with Crippen molar-refractivity contribution < 1.29 is 9.59 Å². The number of ketones is 1. The second kappa shape index (κ2) is 7.93. The van der Waals surface area contributed by atoms with E-state index < -0.39 is 0 Å². The van der Waals surface area contributed by atoms with Gasteiger partial charge in [0, 0.05) is 37.4 Å². The molecular formula is C20H24N2O2S. The summed E-state index contributed by atoms with van der Waals surface area (Å²) in [5.41, 5.74) is 1.16. The molecule has 0 aliphatic carbocycles. The van der Waals surface area contributed by atoms with E-state index in [9.17, 15) is 9.59 Å². The summed E-state index contributed by atoms with van der Waals surface area (Å²) >= 11 is 1.50. The van der Waals surface area contributed by atoms with Crippen LogP contribution in [0.5, 0.6) is 0 Å². The number of aryl methyl sites for hydroxylation is 1. The summed E-state index contributed by atoms with van der Waals surface area (Å²) < 4.78 is 0. The first kappa shape index (κ1) is 17.8. The molecule has 0 saturated carbocycles. The normalized spacial score (nSPS) is 18.3. The Balaban J connectivity index is 1.66. The molecule has 1 aromatic heterocycles. The molecule has 1 atom stereocenters. The Bertz CT molecular complexity index is 741. The number of carbonyl (C=O) groups excluding carboxylic acids is 2. The second-order valence-electron chi connectivity index (χ2n) is 6.61. The van der Waals surface area contributed by atoms with Gasteiger partial charge >= 0.3 is 0 Å². The van der Waals surface area contributed by atoms with E-state index in [2.05, 4.69) is 24.1 Å². The molecule has 2 heterocycles. The minimum Gasteiger partial charge on any atom is -0.333 e. The predicted molar refractivity (Wildman–Crippen MR) is 101 cm³/mol. The Morgan fingerprint density at radius 3 is 2.52 bits per heavy atom. The standard InChI is InChI=1S/C20H24N2O2S/c1-15-8-10-19(25-15)18(23)9-11-20(24)22-13-12-21(2)14-17(22)16-6-4-3-5-7-16/h3-8,10,17H,9,11-14H2,1-2H3/t17-/m0/s1. The first-order valence-electron chi connectivity index (χ1n) is 8.67. The molecule has 3 rings (SSSR count). The fourth-order valence-electron chi connectivity index (χ4n) is 3.25. The van der Waals surface area contributed by atoms with Crippen LogP contribution in [-0.2, 0) is 4.79 Å². The Kier molecular flexibility index (Phi) is 5.66. The van der Waals surface area contributed by atoms with Crippen molar-refractivity contribution in [3.05, 3.63) is 57.8 Å². The van der Waals surface area contributed by atoms with Crippen LogP contribution in [-0.4, -0.2) is 48.2 Å². The van der Waals surface area contributed by atoms with E-state index in [4.69, 9.17) is 0 Å². The molecule has 0 N–H and O–H groups in total. The summed E-state index contributed by atoms with van der Waals surface area (Å²) in [6.07, 6.45) is 0.565. The van der Waals surface area contributed by atoms with Crippen molar-refractivity contribution in [2.45, 2.75) is 25.8 Å². The maximum absolute atomic E-state index is 12.8. The largest absolute Gasteiger partial charge is 0.333 e. The number of thiophene rings is 1. The average molecular weight is 356 g/mol. The zero-order valence-corrected chi connectivity index (χ0v) is 15.6. The van der Waals surface area contributed by atoms with Gasteiger partial charge in [-0.25, -0.2) is 0 Å². The number of benzene rings is 1. The lowest BCUT2D eigenvalue weighted by atomic mass is 10.0. The van der Waals surface area contributed by atoms with Gasteiger partial charge in [-0.1, -0.05) is 30.3 Å². The summed E-state index contributed by atoms with van der Waals surface area (Å²) in [6.45, 7) is 4.39. The molecule has 0 unspecified atom stereocenters. The summed E-state index contributed by atoms with van der Waals surface area (Å²) in [5, 5.41) is 0. The number of carbonyl (C=O) groups is 2. The third kappa shape index (κ3) is 4.35. The highest BCUT2D eigenvalue weighted by Gasteiger charge is 2.30. The molecule has 1 aromatic carbocycles. The minimum atomic E-state index is 0.0616. The van der Waals surface area contributed by atoms with Crippen LogP contribution in [0.25, 0.3) is 0 Å². The van der Waals surface area contributed by atoms with Gasteiger partial charge in [0.1, 0.15) is 0 Å². The Labute approximate surface area is 153 Å². The Morgan fingerprint density at radius 2 is 1.84 bits per heavy atom. The summed E-state index contributed by atoms with van der Waals surface area (Å²) in [6, 6.07) is 14.0. The molecule has 1 aliphatic heterocycles. The van der Waals surface area contributed by atoms with Crippen LogP contribution in [0.2, 0.25) is 0 Å². The number of piperazine rings is 1. The third-order valence-electron chi connectivity index (χ3n) is 4.67. The molecule has 2 aromatic rings. The Hall–Kier alpha value is -1.98. The van der Waals surface area contributed by atoms with Crippen LogP contribution in [0.3, 0.4) is 0 Å². The van der Waals surface area contributed by atoms with Crippen molar-refractivity contribution in [3.8, 4) is 0 Å². The van der Waals surface area contributed by atoms with Crippen molar-refractivity contribution in [3.63, 3.8) is 0 Å². The van der Waals surface area contributed by atoms with Gasteiger partial charge in [-0.3, -0.25) is 9.59 Å². The van der Waals surface area contributed by atoms with Gasteiger partial charge in [-0.2, -0.15) is 0 Å². The smallest absolute Gasteiger partial charge is 0.223 e. The van der Waals surface area contributed by atoms with Crippen molar-refractivity contribution >= 4 is 23.0 Å². The van der Waals surface area contributed by atoms with Crippen molar-refractivity contribution in [1.29, 1.82) is 0 Å². The maximum Gasteiger partial charge on any atom is 0.223 e. The van der Waals surface area contributed by atoms with Crippen LogP contribution in [0, 0.1) is 6.92 Å². The highest BCUT2D eigenvalue weighted by molar-refractivity contribution is 7.14. The SMILES string of the molecule is Cc1ccc(C(=O)CCC(=O)N2CCN(C)C[C@H]2c2ccccc2)s1. The van der Waals surface area contributed by atoms with Crippen LogP contribution in [0.4, 0.5) is 0 Å². The van der Waals surface area contributed by atoms with E-state index in [0.29, 0.717) is 6.54 Å². The predicted octanol–water partition coefficient (Wildman–Crippen LogP) is 3.53. The third-order valence-corrected chi connectivity index (χ3v) is 5.71. The van der Waals surface area contributed by atoms with Crippen LogP contribution < -0.4 is 0 Å². The molecule has 0 bridgehead atoms. The first-order valence-corrected chi connectivity index (χ1v) is 9.49. The maximum atomic E-state index is 12.8. The van der Waals surface area contributed by atoms with E-state index in [1.54, 1.807) is 0 Å². The summed E-state index contributed by atoms with van der Waals surface area (Å²) in [5.74, 6) is 0.139. The number of Topliss-reactive ketones (excluding diaryl/α,β-unsaturated/α-hetero) is 1. The van der Waals surface area contributed by atoms with Crippen LogP contribution in [0.1, 0.15) is 39.0 Å². The number of hydrogen-bond donors (Lipinski definition) is 0. The average Bonchev–Trinajstić information content (AvgIpc) is 3.06. The number of hydrogen-bond acceptors (Lipinski definition) is 4. The van der Waals surface area contributed by atoms with Gasteiger partial charge in [0.05, 0.1) is 10.9 Å². The van der Waals surface area contributed by atoms with Crippen molar-refractivity contribution in [2.75, 3.05) is 26.7 Å². The van der Waals surface area contributed by atoms with E-state index in [1.807, 2.05) is 42.2 Å². The molecule has 1 aliphatic rings. The number of amides is 1. The molecule has 25 heavy (non-hydrogen) atoms. The lowest BCUT2D eigenvalue weighted by Gasteiger charge is -2.40. The molecule has 1 saturated heterocycles. The van der Waals surface area contributed by atoms with Gasteiger partial charge in [0.15, 0.2) is 5.78 Å². The van der Waals surface area contributed by atoms with Gasteiger partial charge in [-0.15, -0.1) is 11.3 Å². The van der Waals surface area contributed by atoms with Gasteiger partial charge in [0.25, 0.3) is 0 Å². The molecule has 0 radical (unpaired) electrons. The monoisotopic (exact) mass is 356 g/mol. The topological polar surface area (TPSA) is 40.6 Å². The van der Waals surface area contributed by atoms with Gasteiger partial charge in [0.2, 0.25) is 5.91 Å². The fourth-order valence-corrected chi connectivity index (χ4v) is 4.09. The van der Waals surface area contributed by atoms with E-state index >= 15 is 0 Å². The zero-order valence-electron chi connectivity index (χ0n) is 14.8. The number of rotatable bonds is 5. The molecule has 5 heteroatoms. The molecule has 4 nitrogen and oxygen atoms in total. The van der Waals surface area contributed by atoms with Crippen LogP contribution in [0.15, 0.2) is 42.5 Å². The molecule has 1 amide bonds. The molecular weight excluding hydrogens is 332 g/mol. The first-order chi connectivity index (χ1) is 12.0. The number of nitrogens with zero attached hydrogens (tertiary/aromatic N) is 2. The second-order valence-corrected chi connectivity index (χ2v) is 7.90. The quantitative estimate of drug-likeness (QED) is 0.770. The van der Waals surface area contributed by atoms with Crippen molar-refractivity contribution in [1.82, 2.24) is 9.80 Å². The highest BCUT2D eigenvalue weighted by Crippen LogP contribution is 2.26. The van der Waals surface area contributed by atoms with Gasteiger partial charge < -0.3 is 9.80 Å². The zero-order chi connectivity index (χ0) is 17.8. The van der Waals surface area contributed by atoms with E-state index in [1.165, 1.54) is 11.3 Å². The van der Waals surface area contributed by atoms with Crippen molar-refractivity contribution in [2.24, 2.45) is 0 Å². The van der Waals surface area contributed by atoms with E-state index in [-0.39, 0.29) is 30.6 Å². The van der Waals surface area contributed by atoms with E-state index in [0.717, 1.165) is 28.4 Å². The number of likely N-dealkylation sites (N-methyl/N-ethyl adjacent to an activating group) is 1. The highest BCUT2D eigenvalue weighted by atomic mass is 32.1. The lowest BCUT2D eigenvalue weighted by molar-refractivity contribution is -0.136. The molecule has 0 spiro atoms. The minimum absolute atomic E-state index is 0.0616. The van der Waals surface area contributed by atoms with Gasteiger partial charge in [-0.05, 0) is 31.7 Å². The fraction of sp³-hybridized carbons (Fsp3) is 0.400. The summed E-state index contributed by atoms with van der Waals surface area (Å²) in [4.78, 5) is 31.1. The Morgan fingerprint density at radius 1 is 1.08 bits per heavy atom. The molecule has 1 fully saturated rings. The molecule has 132 valence electrons. The summed E-state index contributed by atoms with van der Waals surface area (Å²) in [7, 11) is 2.08.